The summed E-state index contributed by atoms with van der Waals surface area (Å²) in [6, 6.07) is 6.74. The van der Waals surface area contributed by atoms with Crippen LogP contribution in [0.25, 0.3) is 0 Å². The quantitative estimate of drug-likeness (QED) is 0.910. The van der Waals surface area contributed by atoms with E-state index in [0.717, 1.165) is 25.1 Å². The van der Waals surface area contributed by atoms with Gasteiger partial charge in [-0.1, -0.05) is 13.3 Å². The molecule has 3 nitrogen and oxygen atoms in total. The Hall–Kier alpha value is -1.60. The van der Waals surface area contributed by atoms with Gasteiger partial charge in [-0.2, -0.15) is 5.26 Å². The summed E-state index contributed by atoms with van der Waals surface area (Å²) in [5.41, 5.74) is 7.08. The first-order valence-electron chi connectivity index (χ1n) is 6.86. The van der Waals surface area contributed by atoms with Gasteiger partial charge in [0, 0.05) is 19.1 Å². The van der Waals surface area contributed by atoms with Crippen LogP contribution < -0.4 is 10.6 Å². The molecule has 0 bridgehead atoms. The van der Waals surface area contributed by atoms with Crippen molar-refractivity contribution >= 4 is 5.69 Å². The van der Waals surface area contributed by atoms with Crippen LogP contribution in [-0.2, 0) is 0 Å². The molecule has 1 aliphatic heterocycles. The number of nitriles is 1. The van der Waals surface area contributed by atoms with Gasteiger partial charge in [-0.25, -0.2) is 4.39 Å². The monoisotopic (exact) mass is 261 g/mol. The minimum Gasteiger partial charge on any atom is -0.366 e. The molecule has 0 saturated carbocycles. The van der Waals surface area contributed by atoms with E-state index < -0.39 is 0 Å². The van der Waals surface area contributed by atoms with Crippen molar-refractivity contribution in [1.82, 2.24) is 0 Å². The molecule has 0 aromatic heterocycles. The van der Waals surface area contributed by atoms with Crippen LogP contribution >= 0.6 is 0 Å². The van der Waals surface area contributed by atoms with Crippen LogP contribution in [0.4, 0.5) is 10.1 Å². The Morgan fingerprint density at radius 2 is 2.32 bits per heavy atom. The molecule has 1 aromatic rings. The van der Waals surface area contributed by atoms with Crippen molar-refractivity contribution in [1.29, 1.82) is 5.26 Å². The molecular weight excluding hydrogens is 241 g/mol. The first-order valence-corrected chi connectivity index (χ1v) is 6.86. The van der Waals surface area contributed by atoms with Gasteiger partial charge in [0.15, 0.2) is 0 Å². The van der Waals surface area contributed by atoms with Crippen molar-refractivity contribution in [2.45, 2.75) is 32.2 Å². The van der Waals surface area contributed by atoms with Gasteiger partial charge in [0.05, 0.1) is 11.3 Å². The highest BCUT2D eigenvalue weighted by molar-refractivity contribution is 5.60. The molecule has 1 fully saturated rings. The number of halogens is 1. The van der Waals surface area contributed by atoms with Crippen molar-refractivity contribution in [3.8, 4) is 6.07 Å². The van der Waals surface area contributed by atoms with Crippen LogP contribution in [-0.4, -0.2) is 19.1 Å². The van der Waals surface area contributed by atoms with E-state index in [0.29, 0.717) is 18.0 Å². The maximum Gasteiger partial charge on any atom is 0.124 e. The third-order valence-corrected chi connectivity index (χ3v) is 4.06. The zero-order valence-corrected chi connectivity index (χ0v) is 11.3. The Morgan fingerprint density at radius 1 is 1.53 bits per heavy atom. The minimum absolute atomic E-state index is 0.247. The lowest BCUT2D eigenvalue weighted by molar-refractivity contribution is 0.335. The highest BCUT2D eigenvalue weighted by Gasteiger charge is 2.28. The van der Waals surface area contributed by atoms with Gasteiger partial charge < -0.3 is 10.6 Å². The van der Waals surface area contributed by atoms with E-state index in [2.05, 4.69) is 17.9 Å². The number of hydrogen-bond donors (Lipinski definition) is 1. The first kappa shape index (κ1) is 13.8. The van der Waals surface area contributed by atoms with E-state index in [1.54, 1.807) is 6.07 Å². The molecular formula is C15H20FN3. The lowest BCUT2D eigenvalue weighted by atomic mass is 9.88. The Labute approximate surface area is 113 Å². The van der Waals surface area contributed by atoms with Crippen molar-refractivity contribution < 1.29 is 4.39 Å². The Morgan fingerprint density at radius 3 is 2.95 bits per heavy atom. The van der Waals surface area contributed by atoms with Gasteiger partial charge >= 0.3 is 0 Å². The normalized spacial score (nSPS) is 23.2. The molecule has 2 rings (SSSR count). The summed E-state index contributed by atoms with van der Waals surface area (Å²) in [5, 5.41) is 9.16. The standard InChI is InChI=1S/C15H20FN3/c1-2-11-5-6-19(14(7-11)10-18)15-4-3-13(16)8-12(15)9-17/h3-4,8,11,14H,2,5-7,10,18H2,1H3. The summed E-state index contributed by atoms with van der Waals surface area (Å²) in [5.74, 6) is 0.337. The predicted octanol–water partition coefficient (Wildman–Crippen LogP) is 2.65. The van der Waals surface area contributed by atoms with Crippen molar-refractivity contribution in [3.05, 3.63) is 29.6 Å². The average Bonchev–Trinajstić information content (AvgIpc) is 2.46. The lowest BCUT2D eigenvalue weighted by Gasteiger charge is -2.40. The predicted molar refractivity (Wildman–Crippen MR) is 74.3 cm³/mol. The molecule has 1 aliphatic rings. The van der Waals surface area contributed by atoms with Crippen LogP contribution in [0.15, 0.2) is 18.2 Å². The van der Waals surface area contributed by atoms with Crippen LogP contribution in [0.5, 0.6) is 0 Å². The van der Waals surface area contributed by atoms with E-state index in [-0.39, 0.29) is 11.9 Å². The second-order valence-corrected chi connectivity index (χ2v) is 5.15. The summed E-state index contributed by atoms with van der Waals surface area (Å²) in [6.07, 6.45) is 3.32. The third kappa shape index (κ3) is 2.87. The topological polar surface area (TPSA) is 53.0 Å². The first-order chi connectivity index (χ1) is 9.19. The molecule has 19 heavy (non-hydrogen) atoms. The number of hydrogen-bond acceptors (Lipinski definition) is 3. The van der Waals surface area contributed by atoms with Crippen molar-refractivity contribution in [2.24, 2.45) is 11.7 Å². The molecule has 1 heterocycles. The fourth-order valence-corrected chi connectivity index (χ4v) is 2.89. The SMILES string of the molecule is CCC1CCN(c2ccc(F)cc2C#N)C(CN)C1. The maximum absolute atomic E-state index is 13.2. The van der Waals surface area contributed by atoms with E-state index in [1.165, 1.54) is 18.6 Å². The van der Waals surface area contributed by atoms with E-state index in [9.17, 15) is 4.39 Å². The van der Waals surface area contributed by atoms with Gasteiger partial charge in [-0.3, -0.25) is 0 Å². The maximum atomic E-state index is 13.2. The fourth-order valence-electron chi connectivity index (χ4n) is 2.89. The fraction of sp³-hybridized carbons (Fsp3) is 0.533. The van der Waals surface area contributed by atoms with Crippen LogP contribution in [0.1, 0.15) is 31.7 Å². The molecule has 2 atom stereocenters. The number of rotatable bonds is 3. The Balaban J connectivity index is 2.28. The van der Waals surface area contributed by atoms with Gasteiger partial charge in [-0.05, 0) is 37.0 Å². The number of piperidine rings is 1. The Bertz CT molecular complexity index is 481. The molecule has 1 aromatic carbocycles. The summed E-state index contributed by atoms with van der Waals surface area (Å²) < 4.78 is 13.2. The number of nitrogens with zero attached hydrogens (tertiary/aromatic N) is 2. The third-order valence-electron chi connectivity index (χ3n) is 4.06. The molecule has 1 saturated heterocycles. The molecule has 2 N–H and O–H groups in total. The van der Waals surface area contributed by atoms with Crippen molar-refractivity contribution in [3.63, 3.8) is 0 Å². The van der Waals surface area contributed by atoms with Gasteiger partial charge in [0.1, 0.15) is 11.9 Å². The number of anilines is 1. The van der Waals surface area contributed by atoms with E-state index in [1.807, 2.05) is 0 Å². The lowest BCUT2D eigenvalue weighted by Crippen LogP contribution is -2.47. The smallest absolute Gasteiger partial charge is 0.124 e. The second kappa shape index (κ2) is 6.03. The summed E-state index contributed by atoms with van der Waals surface area (Å²) in [6.45, 7) is 3.66. The number of nitrogens with two attached hydrogens (primary N) is 1. The van der Waals surface area contributed by atoms with Crippen LogP contribution in [0.3, 0.4) is 0 Å². The van der Waals surface area contributed by atoms with E-state index >= 15 is 0 Å². The molecule has 4 heteroatoms. The molecule has 102 valence electrons. The minimum atomic E-state index is -0.368. The zero-order chi connectivity index (χ0) is 13.8. The zero-order valence-electron chi connectivity index (χ0n) is 11.3. The average molecular weight is 261 g/mol. The number of benzene rings is 1. The molecule has 0 amide bonds. The van der Waals surface area contributed by atoms with Gasteiger partial charge in [0.2, 0.25) is 0 Å². The molecule has 0 radical (unpaired) electrons. The summed E-state index contributed by atoms with van der Waals surface area (Å²) >= 11 is 0. The van der Waals surface area contributed by atoms with Gasteiger partial charge in [-0.15, -0.1) is 0 Å². The second-order valence-electron chi connectivity index (χ2n) is 5.15. The molecule has 2 unspecified atom stereocenters. The molecule has 0 aliphatic carbocycles. The van der Waals surface area contributed by atoms with Crippen LogP contribution in [0, 0.1) is 23.1 Å². The van der Waals surface area contributed by atoms with Crippen molar-refractivity contribution in [2.75, 3.05) is 18.0 Å². The summed E-state index contributed by atoms with van der Waals surface area (Å²) in [7, 11) is 0. The van der Waals surface area contributed by atoms with Gasteiger partial charge in [0.25, 0.3) is 0 Å². The highest BCUT2D eigenvalue weighted by Crippen LogP contribution is 2.31. The highest BCUT2D eigenvalue weighted by atomic mass is 19.1. The van der Waals surface area contributed by atoms with E-state index in [4.69, 9.17) is 11.0 Å². The molecule has 0 spiro atoms. The summed E-state index contributed by atoms with van der Waals surface area (Å²) in [4.78, 5) is 2.17. The largest absolute Gasteiger partial charge is 0.366 e. The Kier molecular flexibility index (Phi) is 4.39. The van der Waals surface area contributed by atoms with Crippen LogP contribution in [0.2, 0.25) is 0 Å².